The Bertz CT molecular complexity index is 566. The molecular formula is C8H5ClF2N2O2S. The Hall–Kier alpha value is -1.26. The predicted octanol–water partition coefficient (Wildman–Crippen LogP) is 2.13. The summed E-state index contributed by atoms with van der Waals surface area (Å²) in [5.74, 6) is 0. The van der Waals surface area contributed by atoms with Crippen molar-refractivity contribution in [3.8, 4) is 6.07 Å². The first-order valence-electron chi connectivity index (χ1n) is 3.92. The molecule has 1 rings (SSSR count). The molecule has 0 aliphatic carbocycles. The van der Waals surface area contributed by atoms with E-state index in [4.69, 9.17) is 15.9 Å². The van der Waals surface area contributed by atoms with Gasteiger partial charge in [0.15, 0.2) is 5.03 Å². The van der Waals surface area contributed by atoms with E-state index in [1.54, 1.807) is 6.07 Å². The number of halogens is 3. The fourth-order valence-corrected chi connectivity index (χ4v) is 1.86. The molecule has 0 aliphatic rings. The summed E-state index contributed by atoms with van der Waals surface area (Å²) in [5.41, 5.74) is -1.12. The summed E-state index contributed by atoms with van der Waals surface area (Å²) in [6.45, 7) is 1.33. The van der Waals surface area contributed by atoms with Crippen molar-refractivity contribution in [2.24, 2.45) is 0 Å². The summed E-state index contributed by atoms with van der Waals surface area (Å²) in [6, 6.07) is 2.52. The van der Waals surface area contributed by atoms with Crippen LogP contribution < -0.4 is 0 Å². The first-order chi connectivity index (χ1) is 7.27. The molecule has 0 fully saturated rings. The van der Waals surface area contributed by atoms with E-state index in [1.165, 1.54) is 6.92 Å². The van der Waals surface area contributed by atoms with Gasteiger partial charge in [0.2, 0.25) is 0 Å². The van der Waals surface area contributed by atoms with Crippen molar-refractivity contribution in [3.05, 3.63) is 22.9 Å². The van der Waals surface area contributed by atoms with Crippen LogP contribution in [0.5, 0.6) is 0 Å². The molecule has 0 aliphatic heterocycles. The van der Waals surface area contributed by atoms with Crippen LogP contribution in [-0.2, 0) is 9.05 Å². The molecule has 0 bridgehead atoms. The van der Waals surface area contributed by atoms with Gasteiger partial charge in [0.1, 0.15) is 11.8 Å². The second-order valence-electron chi connectivity index (χ2n) is 2.89. The van der Waals surface area contributed by atoms with E-state index in [1.807, 2.05) is 0 Å². The third-order valence-electron chi connectivity index (χ3n) is 1.79. The lowest BCUT2D eigenvalue weighted by Crippen LogP contribution is -2.04. The minimum Gasteiger partial charge on any atom is -0.233 e. The topological polar surface area (TPSA) is 70.8 Å². The zero-order valence-electron chi connectivity index (χ0n) is 7.91. The average molecular weight is 267 g/mol. The molecule has 1 aromatic heterocycles. The number of alkyl halides is 2. The van der Waals surface area contributed by atoms with Crippen LogP contribution in [0.25, 0.3) is 0 Å². The first-order valence-corrected chi connectivity index (χ1v) is 6.22. The fraction of sp³-hybridized carbons (Fsp3) is 0.250. The van der Waals surface area contributed by atoms with Crippen LogP contribution in [0.2, 0.25) is 0 Å². The smallest absolute Gasteiger partial charge is 0.233 e. The minimum atomic E-state index is -4.19. The van der Waals surface area contributed by atoms with E-state index >= 15 is 0 Å². The van der Waals surface area contributed by atoms with Gasteiger partial charge in [-0.1, -0.05) is 0 Å². The van der Waals surface area contributed by atoms with Gasteiger partial charge in [0.05, 0.1) is 5.56 Å². The molecule has 0 N–H and O–H groups in total. The average Bonchev–Trinajstić information content (AvgIpc) is 2.14. The summed E-state index contributed by atoms with van der Waals surface area (Å²) in [7, 11) is 0.797. The molecule has 0 amide bonds. The van der Waals surface area contributed by atoms with Crippen LogP contribution >= 0.6 is 10.7 Å². The molecule has 16 heavy (non-hydrogen) atoms. The quantitative estimate of drug-likeness (QED) is 0.769. The maximum atomic E-state index is 12.5. The van der Waals surface area contributed by atoms with E-state index in [-0.39, 0.29) is 11.1 Å². The van der Waals surface area contributed by atoms with Crippen LogP contribution in [0.1, 0.15) is 23.2 Å². The molecule has 0 saturated heterocycles. The Morgan fingerprint density at radius 1 is 1.56 bits per heavy atom. The summed E-state index contributed by atoms with van der Waals surface area (Å²) < 4.78 is 46.9. The van der Waals surface area contributed by atoms with Crippen LogP contribution in [0.4, 0.5) is 8.78 Å². The highest BCUT2D eigenvalue weighted by Gasteiger charge is 2.22. The van der Waals surface area contributed by atoms with Crippen LogP contribution in [0, 0.1) is 18.3 Å². The van der Waals surface area contributed by atoms with Gasteiger partial charge in [-0.25, -0.2) is 22.2 Å². The third kappa shape index (κ3) is 2.46. The molecule has 0 aromatic carbocycles. The fourth-order valence-electron chi connectivity index (χ4n) is 1.09. The number of aromatic nitrogens is 1. The van der Waals surface area contributed by atoms with Crippen LogP contribution in [0.3, 0.4) is 0 Å². The van der Waals surface area contributed by atoms with Gasteiger partial charge in [0.25, 0.3) is 15.5 Å². The highest BCUT2D eigenvalue weighted by molar-refractivity contribution is 8.13. The number of pyridine rings is 1. The molecule has 0 atom stereocenters. The highest BCUT2D eigenvalue weighted by atomic mass is 35.7. The number of nitriles is 1. The zero-order chi connectivity index (χ0) is 12.5. The largest absolute Gasteiger partial charge is 0.281 e. The molecule has 0 spiro atoms. The predicted molar refractivity (Wildman–Crippen MR) is 51.7 cm³/mol. The van der Waals surface area contributed by atoms with Gasteiger partial charge in [-0.15, -0.1) is 0 Å². The van der Waals surface area contributed by atoms with Crippen molar-refractivity contribution < 1.29 is 17.2 Å². The summed E-state index contributed by atoms with van der Waals surface area (Å²) in [6.07, 6.45) is -3.04. The molecule has 0 unspecified atom stereocenters. The SMILES string of the molecule is Cc1cc(S(=O)(=O)Cl)nc(C(F)F)c1C#N. The van der Waals surface area contributed by atoms with Crippen molar-refractivity contribution in [2.75, 3.05) is 0 Å². The van der Waals surface area contributed by atoms with Gasteiger partial charge in [0, 0.05) is 10.7 Å². The number of aryl methyl sites for hydroxylation is 1. The maximum absolute atomic E-state index is 12.5. The van der Waals surface area contributed by atoms with E-state index in [2.05, 4.69) is 4.98 Å². The lowest BCUT2D eigenvalue weighted by atomic mass is 10.1. The van der Waals surface area contributed by atoms with Gasteiger partial charge in [-0.2, -0.15) is 5.26 Å². The lowest BCUT2D eigenvalue weighted by Gasteiger charge is -2.06. The maximum Gasteiger partial charge on any atom is 0.281 e. The number of hydrogen-bond donors (Lipinski definition) is 0. The van der Waals surface area contributed by atoms with Crippen LogP contribution in [0.15, 0.2) is 11.1 Å². The lowest BCUT2D eigenvalue weighted by molar-refractivity contribution is 0.145. The monoisotopic (exact) mass is 266 g/mol. The Labute approximate surface area is 94.9 Å². The summed E-state index contributed by atoms with van der Waals surface area (Å²) in [4.78, 5) is 3.18. The second kappa shape index (κ2) is 4.31. The van der Waals surface area contributed by atoms with Gasteiger partial charge < -0.3 is 0 Å². The molecule has 86 valence electrons. The molecule has 1 aromatic rings. The Morgan fingerprint density at radius 2 is 2.12 bits per heavy atom. The Morgan fingerprint density at radius 3 is 2.50 bits per heavy atom. The van der Waals surface area contributed by atoms with Gasteiger partial charge >= 0.3 is 0 Å². The van der Waals surface area contributed by atoms with Gasteiger partial charge in [-0.05, 0) is 18.6 Å². The van der Waals surface area contributed by atoms with Crippen molar-refractivity contribution in [2.45, 2.75) is 18.4 Å². The second-order valence-corrected chi connectivity index (χ2v) is 5.40. The third-order valence-corrected chi connectivity index (χ3v) is 2.97. The van der Waals surface area contributed by atoms with E-state index < -0.39 is 26.2 Å². The van der Waals surface area contributed by atoms with Crippen molar-refractivity contribution in [1.82, 2.24) is 4.98 Å². The summed E-state index contributed by atoms with van der Waals surface area (Å²) in [5, 5.41) is 7.96. The van der Waals surface area contributed by atoms with E-state index in [9.17, 15) is 17.2 Å². The Balaban J connectivity index is 3.61. The molecule has 0 saturated carbocycles. The number of rotatable bonds is 2. The van der Waals surface area contributed by atoms with Crippen molar-refractivity contribution in [3.63, 3.8) is 0 Å². The Kier molecular flexibility index (Phi) is 3.45. The van der Waals surface area contributed by atoms with Crippen LogP contribution in [-0.4, -0.2) is 13.4 Å². The van der Waals surface area contributed by atoms with E-state index in [0.29, 0.717) is 0 Å². The van der Waals surface area contributed by atoms with Gasteiger partial charge in [-0.3, -0.25) is 0 Å². The van der Waals surface area contributed by atoms with Crippen molar-refractivity contribution in [1.29, 1.82) is 5.26 Å². The zero-order valence-corrected chi connectivity index (χ0v) is 9.48. The number of nitrogens with zero attached hydrogens (tertiary/aromatic N) is 2. The molecular weight excluding hydrogens is 262 g/mol. The standard InChI is InChI=1S/C8H5ClF2N2O2S/c1-4-2-6(16(9,14)15)13-7(8(10)11)5(4)3-12/h2,8H,1H3. The molecule has 8 heteroatoms. The number of hydrogen-bond acceptors (Lipinski definition) is 4. The summed E-state index contributed by atoms with van der Waals surface area (Å²) >= 11 is 0. The van der Waals surface area contributed by atoms with Crippen molar-refractivity contribution >= 4 is 19.7 Å². The minimum absolute atomic E-state index is 0.0898. The molecule has 1 heterocycles. The highest BCUT2D eigenvalue weighted by Crippen LogP contribution is 2.26. The normalized spacial score (nSPS) is 11.5. The molecule has 0 radical (unpaired) electrons. The molecule has 4 nitrogen and oxygen atoms in total. The first kappa shape index (κ1) is 12.8. The van der Waals surface area contributed by atoms with E-state index in [0.717, 1.165) is 6.07 Å².